The molecule has 0 fully saturated rings. The maximum Gasteiger partial charge on any atom is 0.119 e. The van der Waals surface area contributed by atoms with Crippen LogP contribution in [0.1, 0.15) is 17.2 Å². The van der Waals surface area contributed by atoms with Crippen LogP contribution in [-0.4, -0.2) is 14.2 Å². The molecule has 0 saturated heterocycles. The van der Waals surface area contributed by atoms with Crippen LogP contribution in [0.15, 0.2) is 51.4 Å². The molecule has 0 aliphatic rings. The van der Waals surface area contributed by atoms with Gasteiger partial charge in [0.2, 0.25) is 0 Å². The predicted molar refractivity (Wildman–Crippen MR) is 90.3 cm³/mol. The highest BCUT2D eigenvalue weighted by Gasteiger charge is 2.12. The first kappa shape index (κ1) is 15.5. The van der Waals surface area contributed by atoms with E-state index in [1.54, 1.807) is 7.11 Å². The van der Waals surface area contributed by atoms with Crippen molar-refractivity contribution in [3.63, 3.8) is 0 Å². The van der Waals surface area contributed by atoms with E-state index < -0.39 is 0 Å². The Morgan fingerprint density at radius 1 is 1.10 bits per heavy atom. The number of hydrogen-bond acceptors (Lipinski definition) is 2. The van der Waals surface area contributed by atoms with Crippen LogP contribution in [0.5, 0.6) is 5.75 Å². The Labute approximate surface area is 136 Å². The van der Waals surface area contributed by atoms with Gasteiger partial charge in [-0.3, -0.25) is 0 Å². The van der Waals surface area contributed by atoms with Crippen molar-refractivity contribution in [1.29, 1.82) is 0 Å². The number of hydrogen-bond donors (Lipinski definition) is 1. The van der Waals surface area contributed by atoms with E-state index in [1.807, 2.05) is 25.2 Å². The monoisotopic (exact) mass is 397 g/mol. The van der Waals surface area contributed by atoms with Crippen LogP contribution in [0.25, 0.3) is 0 Å². The van der Waals surface area contributed by atoms with Crippen molar-refractivity contribution in [2.24, 2.45) is 0 Å². The Hall–Kier alpha value is -0.840. The third-order valence-corrected chi connectivity index (χ3v) is 4.13. The highest BCUT2D eigenvalue weighted by Crippen LogP contribution is 2.27. The molecule has 1 N–H and O–H groups in total. The zero-order valence-electron chi connectivity index (χ0n) is 11.5. The zero-order valence-corrected chi connectivity index (χ0v) is 14.7. The molecule has 0 saturated carbocycles. The lowest BCUT2D eigenvalue weighted by atomic mass is 9.99. The van der Waals surface area contributed by atoms with Gasteiger partial charge in [0.05, 0.1) is 7.11 Å². The largest absolute Gasteiger partial charge is 0.497 e. The fraction of sp³-hybridized carbons (Fsp3) is 0.250. The number of likely N-dealkylation sites (N-methyl/N-ethyl adjacent to an activating group) is 1. The third-order valence-electron chi connectivity index (χ3n) is 3.21. The van der Waals surface area contributed by atoms with Gasteiger partial charge in [0, 0.05) is 15.0 Å². The van der Waals surface area contributed by atoms with Gasteiger partial charge in [-0.15, -0.1) is 0 Å². The molecule has 2 aromatic carbocycles. The van der Waals surface area contributed by atoms with E-state index in [0.29, 0.717) is 0 Å². The number of ether oxygens (including phenoxy) is 1. The molecule has 0 aliphatic carbocycles. The lowest BCUT2D eigenvalue weighted by molar-refractivity contribution is 0.414. The van der Waals surface area contributed by atoms with Crippen molar-refractivity contribution in [2.45, 2.75) is 12.5 Å². The summed E-state index contributed by atoms with van der Waals surface area (Å²) in [4.78, 5) is 0. The molecule has 106 valence electrons. The Kier molecular flexibility index (Phi) is 5.64. The lowest BCUT2D eigenvalue weighted by Gasteiger charge is -2.18. The summed E-state index contributed by atoms with van der Waals surface area (Å²) in [7, 11) is 3.68. The summed E-state index contributed by atoms with van der Waals surface area (Å²) in [5.41, 5.74) is 2.50. The lowest BCUT2D eigenvalue weighted by Crippen LogP contribution is -2.18. The molecule has 1 unspecified atom stereocenters. The number of halogens is 2. The van der Waals surface area contributed by atoms with Gasteiger partial charge in [0.1, 0.15) is 5.75 Å². The minimum Gasteiger partial charge on any atom is -0.497 e. The first-order valence-electron chi connectivity index (χ1n) is 6.38. The number of nitrogens with one attached hydrogen (secondary N) is 1. The van der Waals surface area contributed by atoms with Crippen LogP contribution in [0.3, 0.4) is 0 Å². The van der Waals surface area contributed by atoms with Crippen molar-refractivity contribution >= 4 is 31.9 Å². The fourth-order valence-electron chi connectivity index (χ4n) is 2.20. The van der Waals surface area contributed by atoms with Gasteiger partial charge in [-0.2, -0.15) is 0 Å². The van der Waals surface area contributed by atoms with Gasteiger partial charge >= 0.3 is 0 Å². The molecule has 2 nitrogen and oxygen atoms in total. The van der Waals surface area contributed by atoms with Crippen LogP contribution in [-0.2, 0) is 6.42 Å². The van der Waals surface area contributed by atoms with Gasteiger partial charge in [-0.25, -0.2) is 0 Å². The van der Waals surface area contributed by atoms with Crippen molar-refractivity contribution in [1.82, 2.24) is 5.32 Å². The van der Waals surface area contributed by atoms with E-state index in [2.05, 4.69) is 61.4 Å². The Bertz CT molecular complexity index is 566. The first-order chi connectivity index (χ1) is 9.62. The van der Waals surface area contributed by atoms with Crippen LogP contribution < -0.4 is 10.1 Å². The average Bonchev–Trinajstić information content (AvgIpc) is 2.44. The Morgan fingerprint density at radius 2 is 1.80 bits per heavy atom. The molecule has 2 rings (SSSR count). The molecule has 1 atom stereocenters. The highest BCUT2D eigenvalue weighted by atomic mass is 79.9. The van der Waals surface area contributed by atoms with Crippen LogP contribution in [0, 0.1) is 0 Å². The molecule has 2 aromatic rings. The maximum atomic E-state index is 5.28. The minimum atomic E-state index is 0.260. The molecule has 20 heavy (non-hydrogen) atoms. The van der Waals surface area contributed by atoms with E-state index in [1.165, 1.54) is 11.1 Å². The average molecular weight is 399 g/mol. The topological polar surface area (TPSA) is 21.3 Å². The van der Waals surface area contributed by atoms with Gasteiger partial charge in [-0.1, -0.05) is 44.0 Å². The van der Waals surface area contributed by atoms with E-state index >= 15 is 0 Å². The predicted octanol–water partition coefficient (Wildman–Crippen LogP) is 4.72. The minimum absolute atomic E-state index is 0.260. The van der Waals surface area contributed by atoms with Crippen LogP contribution in [0.2, 0.25) is 0 Å². The molecular weight excluding hydrogens is 382 g/mol. The van der Waals surface area contributed by atoms with E-state index in [0.717, 1.165) is 21.1 Å². The molecular formula is C16H17Br2NO. The van der Waals surface area contributed by atoms with E-state index in [4.69, 9.17) is 4.74 Å². The summed E-state index contributed by atoms with van der Waals surface area (Å²) in [6.07, 6.45) is 0.913. The summed E-state index contributed by atoms with van der Waals surface area (Å²) in [6, 6.07) is 14.8. The SMILES string of the molecule is CNC(Cc1cccc(OC)c1)c1cc(Br)cc(Br)c1. The van der Waals surface area contributed by atoms with Gasteiger partial charge in [0.25, 0.3) is 0 Å². The molecule has 0 radical (unpaired) electrons. The maximum absolute atomic E-state index is 5.28. The standard InChI is InChI=1S/C16H17Br2NO/c1-19-16(12-8-13(17)10-14(18)9-12)7-11-4-3-5-15(6-11)20-2/h3-6,8-10,16,19H,7H2,1-2H3. The summed E-state index contributed by atoms with van der Waals surface area (Å²) in [5, 5.41) is 3.38. The van der Waals surface area contributed by atoms with Crippen molar-refractivity contribution in [2.75, 3.05) is 14.2 Å². The number of methoxy groups -OCH3 is 1. The quantitative estimate of drug-likeness (QED) is 0.786. The normalized spacial score (nSPS) is 12.2. The molecule has 4 heteroatoms. The van der Waals surface area contributed by atoms with E-state index in [-0.39, 0.29) is 6.04 Å². The van der Waals surface area contributed by atoms with Crippen molar-refractivity contribution < 1.29 is 4.74 Å². The number of rotatable bonds is 5. The number of benzene rings is 2. The second kappa shape index (κ2) is 7.25. The van der Waals surface area contributed by atoms with Crippen molar-refractivity contribution in [3.05, 3.63) is 62.5 Å². The summed E-state index contributed by atoms with van der Waals surface area (Å²) in [5.74, 6) is 0.896. The molecule has 0 aliphatic heterocycles. The smallest absolute Gasteiger partial charge is 0.119 e. The zero-order chi connectivity index (χ0) is 14.5. The molecule has 0 aromatic heterocycles. The summed E-state index contributed by atoms with van der Waals surface area (Å²) in [6.45, 7) is 0. The van der Waals surface area contributed by atoms with Gasteiger partial charge in [-0.05, 0) is 54.9 Å². The van der Waals surface area contributed by atoms with Gasteiger partial charge in [0.15, 0.2) is 0 Å². The molecule has 0 spiro atoms. The van der Waals surface area contributed by atoms with E-state index in [9.17, 15) is 0 Å². The first-order valence-corrected chi connectivity index (χ1v) is 7.97. The molecule has 0 amide bonds. The summed E-state index contributed by atoms with van der Waals surface area (Å²) >= 11 is 7.08. The van der Waals surface area contributed by atoms with Crippen LogP contribution >= 0.6 is 31.9 Å². The molecule has 0 bridgehead atoms. The summed E-state index contributed by atoms with van der Waals surface area (Å²) < 4.78 is 7.43. The second-order valence-corrected chi connectivity index (χ2v) is 6.43. The van der Waals surface area contributed by atoms with Crippen molar-refractivity contribution in [3.8, 4) is 5.75 Å². The Balaban J connectivity index is 2.23. The third kappa shape index (κ3) is 4.08. The second-order valence-electron chi connectivity index (χ2n) is 4.60. The highest BCUT2D eigenvalue weighted by molar-refractivity contribution is 9.11. The molecule has 0 heterocycles. The fourth-order valence-corrected chi connectivity index (χ4v) is 3.53. The van der Waals surface area contributed by atoms with Crippen LogP contribution in [0.4, 0.5) is 0 Å². The Morgan fingerprint density at radius 3 is 2.40 bits per heavy atom. The van der Waals surface area contributed by atoms with Gasteiger partial charge < -0.3 is 10.1 Å².